The maximum Gasteiger partial charge on any atom is 0.0205 e. The molecule has 1 saturated heterocycles. The van der Waals surface area contributed by atoms with Gasteiger partial charge in [0, 0.05) is 11.0 Å². The van der Waals surface area contributed by atoms with E-state index in [-0.39, 0.29) is 0 Å². The Balaban J connectivity index is 1.56. The molecule has 1 aliphatic rings. The molecule has 0 unspecified atom stereocenters. The maximum atomic E-state index is 3.51. The van der Waals surface area contributed by atoms with Crippen molar-refractivity contribution in [1.82, 2.24) is 10.2 Å². The quantitative estimate of drug-likeness (QED) is 0.812. The summed E-state index contributed by atoms with van der Waals surface area (Å²) in [4.78, 5) is 2.57. The van der Waals surface area contributed by atoms with Crippen molar-refractivity contribution < 1.29 is 0 Å². The Morgan fingerprint density at radius 3 is 2.82 bits per heavy atom. The van der Waals surface area contributed by atoms with E-state index in [0.29, 0.717) is 0 Å². The Bertz CT molecular complexity index is 335. The molecule has 94 valence electrons. The molecule has 1 N–H and O–H groups in total. The highest BCUT2D eigenvalue weighted by Crippen LogP contribution is 2.11. The van der Waals surface area contributed by atoms with Crippen molar-refractivity contribution in [3.8, 4) is 0 Å². The van der Waals surface area contributed by atoms with Gasteiger partial charge in [-0.15, -0.1) is 0 Å². The Hall–Kier alpha value is -0.380. The molecule has 2 nitrogen and oxygen atoms in total. The predicted octanol–water partition coefficient (Wildman–Crippen LogP) is 3.02. The second-order valence-corrected chi connectivity index (χ2v) is 5.62. The SMILES string of the molecule is Brc1cccc(CNCCCN2CCCC2)c1. The molecular weight excluding hydrogens is 276 g/mol. The molecule has 17 heavy (non-hydrogen) atoms. The Kier molecular flexibility index (Phi) is 5.49. The second-order valence-electron chi connectivity index (χ2n) is 4.71. The van der Waals surface area contributed by atoms with Crippen LogP contribution in [-0.4, -0.2) is 31.1 Å². The molecule has 0 spiro atoms. The van der Waals surface area contributed by atoms with E-state index in [1.165, 1.54) is 44.5 Å². The van der Waals surface area contributed by atoms with Crippen molar-refractivity contribution in [2.24, 2.45) is 0 Å². The summed E-state index contributed by atoms with van der Waals surface area (Å²) < 4.78 is 1.16. The Morgan fingerprint density at radius 1 is 1.24 bits per heavy atom. The van der Waals surface area contributed by atoms with E-state index in [4.69, 9.17) is 0 Å². The fraction of sp³-hybridized carbons (Fsp3) is 0.571. The van der Waals surface area contributed by atoms with Gasteiger partial charge in [-0.1, -0.05) is 28.1 Å². The summed E-state index contributed by atoms with van der Waals surface area (Å²) in [5.41, 5.74) is 1.35. The van der Waals surface area contributed by atoms with Gasteiger partial charge in [-0.25, -0.2) is 0 Å². The highest BCUT2D eigenvalue weighted by molar-refractivity contribution is 9.10. The average molecular weight is 297 g/mol. The predicted molar refractivity (Wildman–Crippen MR) is 76.1 cm³/mol. The Morgan fingerprint density at radius 2 is 2.06 bits per heavy atom. The largest absolute Gasteiger partial charge is 0.313 e. The van der Waals surface area contributed by atoms with Crippen LogP contribution in [0.15, 0.2) is 28.7 Å². The molecule has 0 radical (unpaired) electrons. The first-order chi connectivity index (χ1) is 8.34. The summed E-state index contributed by atoms with van der Waals surface area (Å²) in [5.74, 6) is 0. The third-order valence-corrected chi connectivity index (χ3v) is 3.74. The summed E-state index contributed by atoms with van der Waals surface area (Å²) in [6, 6.07) is 8.49. The Labute approximate surface area is 113 Å². The highest BCUT2D eigenvalue weighted by atomic mass is 79.9. The number of halogens is 1. The fourth-order valence-corrected chi connectivity index (χ4v) is 2.76. The van der Waals surface area contributed by atoms with E-state index in [1.807, 2.05) is 0 Å². The lowest BCUT2D eigenvalue weighted by molar-refractivity contribution is 0.331. The number of rotatable bonds is 6. The zero-order valence-electron chi connectivity index (χ0n) is 10.3. The lowest BCUT2D eigenvalue weighted by atomic mass is 10.2. The van der Waals surface area contributed by atoms with Crippen LogP contribution in [0.2, 0.25) is 0 Å². The minimum atomic E-state index is 0.972. The summed E-state index contributed by atoms with van der Waals surface area (Å²) in [5, 5.41) is 3.51. The molecule has 0 bridgehead atoms. The minimum absolute atomic E-state index is 0.972. The van der Waals surface area contributed by atoms with Gasteiger partial charge in [-0.05, 0) is 63.1 Å². The number of hydrogen-bond donors (Lipinski definition) is 1. The first-order valence-corrected chi connectivity index (χ1v) is 7.31. The molecule has 1 aliphatic heterocycles. The van der Waals surface area contributed by atoms with Crippen molar-refractivity contribution in [2.45, 2.75) is 25.8 Å². The zero-order chi connectivity index (χ0) is 11.9. The average Bonchev–Trinajstić information content (AvgIpc) is 2.82. The molecule has 2 rings (SSSR count). The molecule has 0 amide bonds. The second kappa shape index (κ2) is 7.14. The maximum absolute atomic E-state index is 3.51. The monoisotopic (exact) mass is 296 g/mol. The molecule has 1 heterocycles. The lowest BCUT2D eigenvalue weighted by Gasteiger charge is -2.14. The minimum Gasteiger partial charge on any atom is -0.313 e. The molecular formula is C14H21BrN2. The number of likely N-dealkylation sites (tertiary alicyclic amines) is 1. The van der Waals surface area contributed by atoms with Gasteiger partial charge in [0.15, 0.2) is 0 Å². The lowest BCUT2D eigenvalue weighted by Crippen LogP contribution is -2.24. The topological polar surface area (TPSA) is 15.3 Å². The molecule has 1 fully saturated rings. The summed E-state index contributed by atoms with van der Waals surface area (Å²) >= 11 is 3.50. The van der Waals surface area contributed by atoms with E-state index in [0.717, 1.165) is 17.6 Å². The van der Waals surface area contributed by atoms with Crippen LogP contribution in [0.4, 0.5) is 0 Å². The van der Waals surface area contributed by atoms with Crippen molar-refractivity contribution in [2.75, 3.05) is 26.2 Å². The first kappa shape index (κ1) is 13.1. The van der Waals surface area contributed by atoms with E-state index in [9.17, 15) is 0 Å². The van der Waals surface area contributed by atoms with Gasteiger partial charge in [0.25, 0.3) is 0 Å². The number of nitrogens with one attached hydrogen (secondary N) is 1. The van der Waals surface area contributed by atoms with Crippen LogP contribution in [0, 0.1) is 0 Å². The first-order valence-electron chi connectivity index (χ1n) is 6.52. The number of nitrogens with zero attached hydrogens (tertiary/aromatic N) is 1. The molecule has 3 heteroatoms. The van der Waals surface area contributed by atoms with Crippen LogP contribution >= 0.6 is 15.9 Å². The number of benzene rings is 1. The van der Waals surface area contributed by atoms with Gasteiger partial charge in [0.1, 0.15) is 0 Å². The van der Waals surface area contributed by atoms with Crippen LogP contribution in [-0.2, 0) is 6.54 Å². The summed E-state index contributed by atoms with van der Waals surface area (Å²) in [7, 11) is 0. The van der Waals surface area contributed by atoms with Crippen LogP contribution in [0.3, 0.4) is 0 Å². The van der Waals surface area contributed by atoms with Crippen molar-refractivity contribution in [3.05, 3.63) is 34.3 Å². The van der Waals surface area contributed by atoms with Crippen LogP contribution < -0.4 is 5.32 Å². The third kappa shape index (κ3) is 4.78. The van der Waals surface area contributed by atoms with Gasteiger partial charge < -0.3 is 10.2 Å². The van der Waals surface area contributed by atoms with E-state index < -0.39 is 0 Å². The molecule has 1 aromatic rings. The molecule has 0 saturated carbocycles. The highest BCUT2D eigenvalue weighted by Gasteiger charge is 2.09. The van der Waals surface area contributed by atoms with Crippen molar-refractivity contribution in [3.63, 3.8) is 0 Å². The summed E-state index contributed by atoms with van der Waals surface area (Å²) in [6.07, 6.45) is 4.05. The third-order valence-electron chi connectivity index (χ3n) is 3.24. The van der Waals surface area contributed by atoms with Gasteiger partial charge >= 0.3 is 0 Å². The van der Waals surface area contributed by atoms with E-state index >= 15 is 0 Å². The zero-order valence-corrected chi connectivity index (χ0v) is 11.9. The smallest absolute Gasteiger partial charge is 0.0205 e. The summed E-state index contributed by atoms with van der Waals surface area (Å²) in [6.45, 7) is 5.96. The molecule has 1 aromatic carbocycles. The van der Waals surface area contributed by atoms with Gasteiger partial charge in [-0.3, -0.25) is 0 Å². The van der Waals surface area contributed by atoms with Crippen molar-refractivity contribution >= 4 is 15.9 Å². The van der Waals surface area contributed by atoms with E-state index in [1.54, 1.807) is 0 Å². The normalized spacial score (nSPS) is 16.5. The van der Waals surface area contributed by atoms with Crippen molar-refractivity contribution in [1.29, 1.82) is 0 Å². The van der Waals surface area contributed by atoms with Gasteiger partial charge in [-0.2, -0.15) is 0 Å². The van der Waals surface area contributed by atoms with E-state index in [2.05, 4.69) is 50.4 Å². The van der Waals surface area contributed by atoms with Crippen LogP contribution in [0.1, 0.15) is 24.8 Å². The van der Waals surface area contributed by atoms with Gasteiger partial charge in [0.05, 0.1) is 0 Å². The number of hydrogen-bond acceptors (Lipinski definition) is 2. The standard InChI is InChI=1S/C14H21BrN2/c15-14-6-3-5-13(11-14)12-16-7-4-10-17-8-1-2-9-17/h3,5-6,11,16H,1-2,4,7-10,12H2. The van der Waals surface area contributed by atoms with Gasteiger partial charge in [0.2, 0.25) is 0 Å². The molecule has 0 aromatic heterocycles. The molecule has 0 atom stereocenters. The fourth-order valence-electron chi connectivity index (χ4n) is 2.31. The molecule has 0 aliphatic carbocycles. The van der Waals surface area contributed by atoms with Crippen LogP contribution in [0.25, 0.3) is 0 Å². The van der Waals surface area contributed by atoms with Crippen LogP contribution in [0.5, 0.6) is 0 Å².